The molecule has 1 fully saturated rings. The molecular weight excluding hydrogens is 468 g/mol. The highest BCUT2D eigenvalue weighted by molar-refractivity contribution is 9.10. The summed E-state index contributed by atoms with van der Waals surface area (Å²) in [6.07, 6.45) is 1.72. The molecule has 1 aliphatic rings. The zero-order valence-electron chi connectivity index (χ0n) is 15.0. The Morgan fingerprint density at radius 1 is 1.21 bits per heavy atom. The van der Waals surface area contributed by atoms with E-state index in [0.717, 1.165) is 22.9 Å². The van der Waals surface area contributed by atoms with Crippen molar-refractivity contribution in [3.05, 3.63) is 63.1 Å². The Morgan fingerprint density at radius 3 is 2.61 bits per heavy atom. The van der Waals surface area contributed by atoms with Crippen molar-refractivity contribution < 1.29 is 17.9 Å². The van der Waals surface area contributed by atoms with Gasteiger partial charge in [-0.2, -0.15) is 0 Å². The number of hydrogen-bond donors (Lipinski definition) is 2. The summed E-state index contributed by atoms with van der Waals surface area (Å²) in [6, 6.07) is 11.2. The van der Waals surface area contributed by atoms with E-state index in [1.54, 1.807) is 6.07 Å². The van der Waals surface area contributed by atoms with Crippen LogP contribution in [0.1, 0.15) is 28.8 Å². The minimum atomic E-state index is -3.64. The van der Waals surface area contributed by atoms with Crippen LogP contribution in [0, 0.1) is 0 Å². The quantitative estimate of drug-likeness (QED) is 0.626. The van der Waals surface area contributed by atoms with E-state index < -0.39 is 10.0 Å². The lowest BCUT2D eigenvalue weighted by Crippen LogP contribution is -2.31. The first kappa shape index (κ1) is 21.3. The summed E-state index contributed by atoms with van der Waals surface area (Å²) in [5, 5.41) is 3.33. The molecule has 9 heteroatoms. The second kappa shape index (κ2) is 9.37. The molecule has 1 saturated heterocycles. The van der Waals surface area contributed by atoms with Crippen LogP contribution in [0.2, 0.25) is 5.02 Å². The van der Waals surface area contributed by atoms with Crippen molar-refractivity contribution in [1.82, 2.24) is 10.0 Å². The summed E-state index contributed by atoms with van der Waals surface area (Å²) < 4.78 is 33.6. The van der Waals surface area contributed by atoms with Crippen molar-refractivity contribution in [2.45, 2.75) is 30.4 Å². The molecule has 1 aliphatic heterocycles. The molecule has 0 spiro atoms. The summed E-state index contributed by atoms with van der Waals surface area (Å²) in [4.78, 5) is 12.4. The molecule has 1 amide bonds. The van der Waals surface area contributed by atoms with E-state index in [0.29, 0.717) is 17.2 Å². The fourth-order valence-corrected chi connectivity index (χ4v) is 4.63. The van der Waals surface area contributed by atoms with Crippen molar-refractivity contribution in [1.29, 1.82) is 0 Å². The number of sulfonamides is 1. The van der Waals surface area contributed by atoms with Gasteiger partial charge in [-0.1, -0.05) is 33.6 Å². The molecule has 2 aromatic carbocycles. The zero-order valence-corrected chi connectivity index (χ0v) is 18.1. The maximum atomic E-state index is 12.4. The molecule has 3 rings (SSSR count). The highest BCUT2D eigenvalue weighted by atomic mass is 79.9. The lowest BCUT2D eigenvalue weighted by molar-refractivity contribution is 0.0951. The molecule has 6 nitrogen and oxygen atoms in total. The summed E-state index contributed by atoms with van der Waals surface area (Å²) in [5.41, 5.74) is 1.15. The summed E-state index contributed by atoms with van der Waals surface area (Å²) in [7, 11) is -3.64. The lowest BCUT2D eigenvalue weighted by atomic mass is 10.2. The van der Waals surface area contributed by atoms with Gasteiger partial charge in [-0.05, 0) is 54.8 Å². The van der Waals surface area contributed by atoms with E-state index in [1.165, 1.54) is 24.3 Å². The van der Waals surface area contributed by atoms with E-state index >= 15 is 0 Å². The molecule has 1 heterocycles. The fourth-order valence-electron chi connectivity index (χ4n) is 2.82. The van der Waals surface area contributed by atoms with Gasteiger partial charge >= 0.3 is 0 Å². The van der Waals surface area contributed by atoms with Crippen LogP contribution in [0.25, 0.3) is 0 Å². The van der Waals surface area contributed by atoms with Crippen molar-refractivity contribution in [2.75, 3.05) is 13.2 Å². The fraction of sp³-hybridized carbons (Fsp3) is 0.316. The van der Waals surface area contributed by atoms with E-state index in [2.05, 4.69) is 26.0 Å². The highest BCUT2D eigenvalue weighted by Gasteiger charge is 2.20. The molecule has 0 bridgehead atoms. The number of carbonyl (C=O) groups excluding carboxylic acids is 1. The number of benzene rings is 2. The Morgan fingerprint density at radius 2 is 1.96 bits per heavy atom. The Labute approximate surface area is 177 Å². The van der Waals surface area contributed by atoms with Crippen LogP contribution in [0.15, 0.2) is 51.8 Å². The molecule has 0 radical (unpaired) electrons. The smallest absolute Gasteiger partial charge is 0.251 e. The van der Waals surface area contributed by atoms with E-state index in [1.807, 2.05) is 12.1 Å². The minimum absolute atomic E-state index is 0.0785. The van der Waals surface area contributed by atoms with Gasteiger partial charge in [-0.25, -0.2) is 13.1 Å². The standard InChI is InChI=1S/C19H20BrClN2O4S/c20-15-6-3-14(18(21)10-15)11-22-19(24)13-4-7-17(8-5-13)28(25,26)23-12-16-2-1-9-27-16/h3-8,10,16,23H,1-2,9,11-12H2,(H,22,24). The van der Waals surface area contributed by atoms with Crippen molar-refractivity contribution in [3.8, 4) is 0 Å². The maximum absolute atomic E-state index is 12.4. The van der Waals surface area contributed by atoms with E-state index in [4.69, 9.17) is 16.3 Å². The van der Waals surface area contributed by atoms with Gasteiger partial charge < -0.3 is 10.1 Å². The molecular formula is C19H20BrClN2O4S. The predicted molar refractivity (Wildman–Crippen MR) is 111 cm³/mol. The first-order chi connectivity index (χ1) is 13.3. The zero-order chi connectivity index (χ0) is 20.1. The summed E-state index contributed by atoms with van der Waals surface area (Å²) in [6.45, 7) is 1.19. The number of rotatable bonds is 7. The van der Waals surface area contributed by atoms with Crippen LogP contribution in [0.3, 0.4) is 0 Å². The molecule has 2 N–H and O–H groups in total. The van der Waals surface area contributed by atoms with Crippen LogP contribution >= 0.6 is 27.5 Å². The van der Waals surface area contributed by atoms with E-state index in [9.17, 15) is 13.2 Å². The Hall–Kier alpha value is -1.45. The van der Waals surface area contributed by atoms with Crippen LogP contribution in [-0.4, -0.2) is 33.6 Å². The third-order valence-electron chi connectivity index (χ3n) is 4.41. The monoisotopic (exact) mass is 486 g/mol. The van der Waals surface area contributed by atoms with Crippen LogP contribution in [0.5, 0.6) is 0 Å². The third-order valence-corrected chi connectivity index (χ3v) is 6.69. The van der Waals surface area contributed by atoms with Gasteiger partial charge in [0.2, 0.25) is 10.0 Å². The van der Waals surface area contributed by atoms with Gasteiger partial charge in [0.15, 0.2) is 0 Å². The van der Waals surface area contributed by atoms with Crippen molar-refractivity contribution in [3.63, 3.8) is 0 Å². The van der Waals surface area contributed by atoms with Crippen LogP contribution < -0.4 is 10.0 Å². The summed E-state index contributed by atoms with van der Waals surface area (Å²) in [5.74, 6) is -0.310. The number of nitrogens with one attached hydrogen (secondary N) is 2. The van der Waals surface area contributed by atoms with Gasteiger partial charge in [0, 0.05) is 34.8 Å². The molecule has 0 aromatic heterocycles. The molecule has 28 heavy (non-hydrogen) atoms. The highest BCUT2D eigenvalue weighted by Crippen LogP contribution is 2.21. The number of amides is 1. The first-order valence-electron chi connectivity index (χ1n) is 8.78. The van der Waals surface area contributed by atoms with Crippen LogP contribution in [0.4, 0.5) is 0 Å². The third kappa shape index (κ3) is 5.55. The molecule has 1 atom stereocenters. The topological polar surface area (TPSA) is 84.5 Å². The Balaban J connectivity index is 1.58. The molecule has 2 aromatic rings. The average molecular weight is 488 g/mol. The largest absolute Gasteiger partial charge is 0.377 e. The first-order valence-corrected chi connectivity index (χ1v) is 11.4. The van der Waals surface area contributed by atoms with Crippen LogP contribution in [-0.2, 0) is 21.3 Å². The van der Waals surface area contributed by atoms with Gasteiger partial charge in [0.25, 0.3) is 5.91 Å². The number of halogens is 2. The number of hydrogen-bond acceptors (Lipinski definition) is 4. The molecule has 150 valence electrons. The second-order valence-corrected chi connectivity index (χ2v) is 9.52. The number of carbonyl (C=O) groups is 1. The van der Waals surface area contributed by atoms with Gasteiger partial charge in [0.1, 0.15) is 0 Å². The Bertz CT molecular complexity index is 945. The molecule has 0 saturated carbocycles. The van der Waals surface area contributed by atoms with Gasteiger partial charge in [-0.15, -0.1) is 0 Å². The SMILES string of the molecule is O=C(NCc1ccc(Br)cc1Cl)c1ccc(S(=O)(=O)NCC2CCCO2)cc1. The normalized spacial score (nSPS) is 16.9. The van der Waals surface area contributed by atoms with Crippen molar-refractivity contribution in [2.24, 2.45) is 0 Å². The Kier molecular flexibility index (Phi) is 7.11. The van der Waals surface area contributed by atoms with E-state index in [-0.39, 0.29) is 30.0 Å². The summed E-state index contributed by atoms with van der Waals surface area (Å²) >= 11 is 9.48. The number of ether oxygens (including phenoxy) is 1. The lowest BCUT2D eigenvalue weighted by Gasteiger charge is -2.12. The molecule has 1 unspecified atom stereocenters. The maximum Gasteiger partial charge on any atom is 0.251 e. The van der Waals surface area contributed by atoms with Gasteiger partial charge in [-0.3, -0.25) is 4.79 Å². The minimum Gasteiger partial charge on any atom is -0.377 e. The van der Waals surface area contributed by atoms with Crippen molar-refractivity contribution >= 4 is 43.5 Å². The molecule has 0 aliphatic carbocycles. The van der Waals surface area contributed by atoms with Gasteiger partial charge in [0.05, 0.1) is 11.0 Å². The average Bonchev–Trinajstić information content (AvgIpc) is 3.19. The predicted octanol–water partition coefficient (Wildman–Crippen LogP) is 3.49. The second-order valence-electron chi connectivity index (χ2n) is 6.43.